The fourth-order valence-electron chi connectivity index (χ4n) is 1.72. The molecule has 108 valence electrons. The van der Waals surface area contributed by atoms with Crippen molar-refractivity contribution in [2.75, 3.05) is 0 Å². The van der Waals surface area contributed by atoms with Crippen LogP contribution in [0.15, 0.2) is 36.5 Å². The molecule has 0 unspecified atom stereocenters. The van der Waals surface area contributed by atoms with Gasteiger partial charge in [-0.05, 0) is 38.5 Å². The van der Waals surface area contributed by atoms with Gasteiger partial charge in [-0.2, -0.15) is 0 Å². The molecule has 1 N–H and O–H groups in total. The summed E-state index contributed by atoms with van der Waals surface area (Å²) in [6.45, 7) is 2.14. The molecule has 0 bridgehead atoms. The molecule has 0 aromatic rings. The number of carboxylic acid groups (broad SMARTS) is 1. The van der Waals surface area contributed by atoms with Crippen LogP contribution in [0.1, 0.15) is 64.7 Å². The predicted molar refractivity (Wildman–Crippen MR) is 82.3 cm³/mol. The van der Waals surface area contributed by atoms with Gasteiger partial charge in [-0.15, -0.1) is 0 Å². The number of hydrogen-bond donors (Lipinski definition) is 1. The molecule has 0 spiro atoms. The van der Waals surface area contributed by atoms with E-state index in [-0.39, 0.29) is 0 Å². The zero-order valence-corrected chi connectivity index (χ0v) is 12.2. The summed E-state index contributed by atoms with van der Waals surface area (Å²) < 4.78 is 0. The molecule has 19 heavy (non-hydrogen) atoms. The summed E-state index contributed by atoms with van der Waals surface area (Å²) in [7, 11) is 0. The third kappa shape index (κ3) is 16.7. The Labute approximate surface area is 117 Å². The minimum Gasteiger partial charge on any atom is -0.481 e. The first-order valence-electron chi connectivity index (χ1n) is 7.44. The zero-order chi connectivity index (χ0) is 14.2. The lowest BCUT2D eigenvalue weighted by Crippen LogP contribution is -1.93. The quantitative estimate of drug-likeness (QED) is 0.385. The van der Waals surface area contributed by atoms with E-state index in [0.717, 1.165) is 44.9 Å². The minimum absolute atomic E-state index is 0.313. The third-order valence-corrected chi connectivity index (χ3v) is 2.79. The number of allylic oxidation sites excluding steroid dienone is 6. The van der Waals surface area contributed by atoms with E-state index in [2.05, 4.69) is 43.4 Å². The number of rotatable bonds is 12. The van der Waals surface area contributed by atoms with Crippen molar-refractivity contribution in [1.82, 2.24) is 0 Å². The van der Waals surface area contributed by atoms with E-state index in [0.29, 0.717) is 6.42 Å². The smallest absolute Gasteiger partial charge is 0.303 e. The van der Waals surface area contributed by atoms with E-state index in [1.54, 1.807) is 0 Å². The molecular weight excluding hydrogens is 236 g/mol. The Morgan fingerprint density at radius 2 is 1.42 bits per heavy atom. The molecule has 0 amide bonds. The summed E-state index contributed by atoms with van der Waals surface area (Å²) >= 11 is 0. The van der Waals surface area contributed by atoms with Crippen LogP contribution in [0.4, 0.5) is 0 Å². The Kier molecular flexibility index (Phi) is 13.7. The first kappa shape index (κ1) is 17.7. The molecule has 0 aliphatic heterocycles. The van der Waals surface area contributed by atoms with E-state index < -0.39 is 5.97 Å². The summed E-state index contributed by atoms with van der Waals surface area (Å²) in [5, 5.41) is 8.48. The monoisotopic (exact) mass is 264 g/mol. The minimum atomic E-state index is -0.680. The highest BCUT2D eigenvalue weighted by Crippen LogP contribution is 2.06. The van der Waals surface area contributed by atoms with Crippen LogP contribution in [-0.2, 0) is 4.79 Å². The van der Waals surface area contributed by atoms with Crippen molar-refractivity contribution in [1.29, 1.82) is 0 Å². The molecule has 0 saturated carbocycles. The van der Waals surface area contributed by atoms with Gasteiger partial charge >= 0.3 is 5.97 Å². The molecule has 0 fully saturated rings. The highest BCUT2D eigenvalue weighted by atomic mass is 16.4. The summed E-state index contributed by atoms with van der Waals surface area (Å²) in [5.41, 5.74) is 0. The van der Waals surface area contributed by atoms with Crippen LogP contribution < -0.4 is 0 Å². The van der Waals surface area contributed by atoms with Crippen LogP contribution in [-0.4, -0.2) is 11.1 Å². The SMILES string of the molecule is CC/C=C\C/C=C\C/C=C\CCCCCCC(=O)O. The summed E-state index contributed by atoms with van der Waals surface area (Å²) in [6, 6.07) is 0. The third-order valence-electron chi connectivity index (χ3n) is 2.79. The maximum absolute atomic E-state index is 10.3. The lowest BCUT2D eigenvalue weighted by Gasteiger charge is -1.96. The number of carboxylic acids is 1. The molecule has 0 aromatic carbocycles. The Balaban J connectivity index is 3.25. The molecular formula is C17H28O2. The van der Waals surface area contributed by atoms with Crippen LogP contribution >= 0.6 is 0 Å². The van der Waals surface area contributed by atoms with Gasteiger partial charge in [0.25, 0.3) is 0 Å². The highest BCUT2D eigenvalue weighted by molar-refractivity contribution is 5.66. The van der Waals surface area contributed by atoms with Gasteiger partial charge in [-0.1, -0.05) is 56.2 Å². The van der Waals surface area contributed by atoms with E-state index in [9.17, 15) is 4.79 Å². The average Bonchev–Trinajstić information content (AvgIpc) is 2.39. The van der Waals surface area contributed by atoms with Gasteiger partial charge in [-0.3, -0.25) is 4.79 Å². The van der Waals surface area contributed by atoms with E-state index in [1.807, 2.05) is 0 Å². The zero-order valence-electron chi connectivity index (χ0n) is 12.2. The number of aliphatic carboxylic acids is 1. The maximum atomic E-state index is 10.3. The molecule has 0 aromatic heterocycles. The van der Waals surface area contributed by atoms with Crippen LogP contribution in [0.5, 0.6) is 0 Å². The number of hydrogen-bond acceptors (Lipinski definition) is 1. The standard InChI is InChI=1S/C17H28O2/c1-2-3-4-5-6-7-8-9-10-11-12-13-14-15-16-17(18)19/h3-4,6-7,9-10H,2,5,8,11-16H2,1H3,(H,18,19)/b4-3-,7-6-,10-9-. The average molecular weight is 264 g/mol. The van der Waals surface area contributed by atoms with Crippen molar-refractivity contribution in [2.45, 2.75) is 64.7 Å². The van der Waals surface area contributed by atoms with Gasteiger partial charge in [0.2, 0.25) is 0 Å². The lowest BCUT2D eigenvalue weighted by atomic mass is 10.1. The van der Waals surface area contributed by atoms with Crippen molar-refractivity contribution >= 4 is 5.97 Å². The molecule has 0 atom stereocenters. The number of unbranched alkanes of at least 4 members (excludes halogenated alkanes) is 4. The van der Waals surface area contributed by atoms with Crippen molar-refractivity contribution in [3.8, 4) is 0 Å². The van der Waals surface area contributed by atoms with Crippen LogP contribution in [0.2, 0.25) is 0 Å². The Bertz CT molecular complexity index is 288. The number of carbonyl (C=O) groups is 1. The van der Waals surface area contributed by atoms with E-state index in [4.69, 9.17) is 5.11 Å². The molecule has 2 nitrogen and oxygen atoms in total. The van der Waals surface area contributed by atoms with Gasteiger partial charge in [0.15, 0.2) is 0 Å². The summed E-state index contributed by atoms with van der Waals surface area (Å²) in [5.74, 6) is -0.680. The summed E-state index contributed by atoms with van der Waals surface area (Å²) in [4.78, 5) is 10.3. The first-order chi connectivity index (χ1) is 9.27. The fraction of sp³-hybridized carbons (Fsp3) is 0.588. The normalized spacial score (nSPS) is 12.1. The molecule has 0 saturated heterocycles. The Hall–Kier alpha value is -1.31. The van der Waals surface area contributed by atoms with Crippen LogP contribution in [0.25, 0.3) is 0 Å². The second kappa shape index (κ2) is 14.7. The molecule has 0 rings (SSSR count). The van der Waals surface area contributed by atoms with Crippen LogP contribution in [0.3, 0.4) is 0 Å². The van der Waals surface area contributed by atoms with Gasteiger partial charge in [0.05, 0.1) is 0 Å². The van der Waals surface area contributed by atoms with Crippen molar-refractivity contribution in [3.05, 3.63) is 36.5 Å². The van der Waals surface area contributed by atoms with E-state index >= 15 is 0 Å². The van der Waals surface area contributed by atoms with Gasteiger partial charge < -0.3 is 5.11 Å². The molecule has 2 heteroatoms. The molecule has 0 aliphatic rings. The Morgan fingerprint density at radius 3 is 2.05 bits per heavy atom. The topological polar surface area (TPSA) is 37.3 Å². The Morgan fingerprint density at radius 1 is 0.842 bits per heavy atom. The van der Waals surface area contributed by atoms with Gasteiger partial charge in [0.1, 0.15) is 0 Å². The van der Waals surface area contributed by atoms with E-state index in [1.165, 1.54) is 6.42 Å². The molecule has 0 radical (unpaired) electrons. The maximum Gasteiger partial charge on any atom is 0.303 e. The van der Waals surface area contributed by atoms with Gasteiger partial charge in [0, 0.05) is 6.42 Å². The highest BCUT2D eigenvalue weighted by Gasteiger charge is 1.95. The molecule has 0 aliphatic carbocycles. The van der Waals surface area contributed by atoms with Crippen molar-refractivity contribution in [2.24, 2.45) is 0 Å². The second-order valence-corrected chi connectivity index (χ2v) is 4.64. The van der Waals surface area contributed by atoms with Crippen molar-refractivity contribution < 1.29 is 9.90 Å². The summed E-state index contributed by atoms with van der Waals surface area (Å²) in [6.07, 6.45) is 21.9. The lowest BCUT2D eigenvalue weighted by molar-refractivity contribution is -0.137. The molecule has 0 heterocycles. The van der Waals surface area contributed by atoms with Crippen LogP contribution in [0, 0.1) is 0 Å². The first-order valence-corrected chi connectivity index (χ1v) is 7.44. The predicted octanol–water partition coefficient (Wildman–Crippen LogP) is 5.27. The second-order valence-electron chi connectivity index (χ2n) is 4.64. The van der Waals surface area contributed by atoms with Gasteiger partial charge in [-0.25, -0.2) is 0 Å². The fourth-order valence-corrected chi connectivity index (χ4v) is 1.72. The largest absolute Gasteiger partial charge is 0.481 e. The van der Waals surface area contributed by atoms with Crippen molar-refractivity contribution in [3.63, 3.8) is 0 Å².